The first kappa shape index (κ1) is 17.6. The highest BCUT2D eigenvalue weighted by atomic mass is 32.2. The van der Waals surface area contributed by atoms with E-state index in [0.717, 1.165) is 27.6 Å². The highest BCUT2D eigenvalue weighted by Crippen LogP contribution is 2.33. The number of aromatic nitrogens is 4. The van der Waals surface area contributed by atoms with Gasteiger partial charge in [0.05, 0.1) is 18.4 Å². The zero-order valence-corrected chi connectivity index (χ0v) is 16.2. The van der Waals surface area contributed by atoms with Crippen LogP contribution >= 0.6 is 23.1 Å². The molecule has 2 heterocycles. The molecule has 0 radical (unpaired) electrons. The number of nitrogen functional groups attached to an aromatic ring is 1. The number of hydrogen-bond donors (Lipinski definition) is 1. The Kier molecular flexibility index (Phi) is 5.08. The van der Waals surface area contributed by atoms with Crippen molar-refractivity contribution in [1.82, 2.24) is 19.9 Å². The zero-order chi connectivity index (χ0) is 18.6. The van der Waals surface area contributed by atoms with Crippen LogP contribution in [0.25, 0.3) is 22.0 Å². The number of ether oxygens (including phenoxy) is 1. The minimum atomic E-state index is 0.645. The van der Waals surface area contributed by atoms with Gasteiger partial charge in [-0.2, -0.15) is 0 Å². The molecular weight excluding hydrogens is 378 g/mol. The maximum absolute atomic E-state index is 6.17. The average molecular weight is 396 g/mol. The van der Waals surface area contributed by atoms with Gasteiger partial charge in [0.1, 0.15) is 10.8 Å². The van der Waals surface area contributed by atoms with E-state index in [-0.39, 0.29) is 0 Å². The van der Waals surface area contributed by atoms with Gasteiger partial charge in [-0.15, -0.1) is 21.5 Å². The molecule has 2 N–H and O–H groups in total. The molecule has 136 valence electrons. The van der Waals surface area contributed by atoms with Gasteiger partial charge in [-0.05, 0) is 12.1 Å². The van der Waals surface area contributed by atoms with E-state index in [2.05, 4.69) is 10.2 Å². The van der Waals surface area contributed by atoms with Crippen molar-refractivity contribution in [2.45, 2.75) is 10.9 Å². The molecule has 2 aromatic carbocycles. The predicted octanol–water partition coefficient (Wildman–Crippen LogP) is 4.08. The summed E-state index contributed by atoms with van der Waals surface area (Å²) in [4.78, 5) is 4.72. The lowest BCUT2D eigenvalue weighted by Crippen LogP contribution is -2.11. The quantitative estimate of drug-likeness (QED) is 0.391. The SMILES string of the molecule is COc1ccccc1-c1nc(CSc2nnc(-c3ccccc3)n2N)cs1. The molecular formula is C19H17N5OS2. The first-order chi connectivity index (χ1) is 13.3. The number of para-hydroxylation sites is 1. The third-order valence-electron chi connectivity index (χ3n) is 3.93. The van der Waals surface area contributed by atoms with Crippen molar-refractivity contribution in [2.24, 2.45) is 0 Å². The Balaban J connectivity index is 1.49. The second-order valence-corrected chi connectivity index (χ2v) is 7.48. The van der Waals surface area contributed by atoms with Gasteiger partial charge >= 0.3 is 0 Å². The monoisotopic (exact) mass is 395 g/mol. The van der Waals surface area contributed by atoms with Crippen LogP contribution < -0.4 is 10.6 Å². The Morgan fingerprint density at radius 1 is 1.07 bits per heavy atom. The number of benzene rings is 2. The molecule has 0 aliphatic heterocycles. The molecule has 4 aromatic rings. The van der Waals surface area contributed by atoms with Gasteiger partial charge in [0.25, 0.3) is 0 Å². The number of thiazole rings is 1. The van der Waals surface area contributed by atoms with Crippen molar-refractivity contribution in [3.63, 3.8) is 0 Å². The lowest BCUT2D eigenvalue weighted by molar-refractivity contribution is 0.416. The molecule has 0 spiro atoms. The Morgan fingerprint density at radius 3 is 2.67 bits per heavy atom. The zero-order valence-electron chi connectivity index (χ0n) is 14.6. The van der Waals surface area contributed by atoms with Crippen molar-refractivity contribution in [1.29, 1.82) is 0 Å². The van der Waals surface area contributed by atoms with E-state index in [0.29, 0.717) is 16.7 Å². The molecule has 0 saturated carbocycles. The molecule has 8 heteroatoms. The van der Waals surface area contributed by atoms with Gasteiger partial charge in [0.2, 0.25) is 5.16 Å². The Hall–Kier alpha value is -2.84. The number of methoxy groups -OCH3 is 1. The van der Waals surface area contributed by atoms with Crippen LogP contribution in [0.5, 0.6) is 5.75 Å². The molecule has 0 aliphatic carbocycles. The standard InChI is InChI=1S/C19H17N5OS2/c1-25-16-10-6-5-9-15(16)18-21-14(11-26-18)12-27-19-23-22-17(24(19)20)13-7-3-2-4-8-13/h2-11H,12,20H2,1H3. The van der Waals surface area contributed by atoms with E-state index in [4.69, 9.17) is 15.6 Å². The van der Waals surface area contributed by atoms with Crippen LogP contribution in [-0.2, 0) is 5.75 Å². The van der Waals surface area contributed by atoms with Crippen LogP contribution in [0.3, 0.4) is 0 Å². The molecule has 6 nitrogen and oxygen atoms in total. The van der Waals surface area contributed by atoms with Crippen molar-refractivity contribution in [3.8, 4) is 27.7 Å². The Morgan fingerprint density at radius 2 is 1.85 bits per heavy atom. The van der Waals surface area contributed by atoms with Gasteiger partial charge < -0.3 is 10.6 Å². The minimum Gasteiger partial charge on any atom is -0.496 e. The van der Waals surface area contributed by atoms with E-state index in [1.54, 1.807) is 18.4 Å². The number of rotatable bonds is 6. The van der Waals surface area contributed by atoms with E-state index < -0.39 is 0 Å². The summed E-state index contributed by atoms with van der Waals surface area (Å²) in [5, 5.41) is 12.0. The molecule has 0 aliphatic rings. The maximum atomic E-state index is 6.17. The molecule has 2 aromatic heterocycles. The molecule has 0 amide bonds. The van der Waals surface area contributed by atoms with E-state index in [1.807, 2.05) is 60.0 Å². The highest BCUT2D eigenvalue weighted by molar-refractivity contribution is 7.98. The summed E-state index contributed by atoms with van der Waals surface area (Å²) in [6.07, 6.45) is 0. The molecule has 0 unspecified atom stereocenters. The van der Waals surface area contributed by atoms with Crippen LogP contribution in [0.15, 0.2) is 65.1 Å². The molecule has 0 atom stereocenters. The second kappa shape index (κ2) is 7.81. The molecule has 27 heavy (non-hydrogen) atoms. The van der Waals surface area contributed by atoms with Crippen molar-refractivity contribution >= 4 is 23.1 Å². The third-order valence-corrected chi connectivity index (χ3v) is 5.84. The number of hydrogen-bond acceptors (Lipinski definition) is 7. The fourth-order valence-corrected chi connectivity index (χ4v) is 4.32. The smallest absolute Gasteiger partial charge is 0.210 e. The largest absolute Gasteiger partial charge is 0.496 e. The fraction of sp³-hybridized carbons (Fsp3) is 0.105. The topological polar surface area (TPSA) is 78.9 Å². The van der Waals surface area contributed by atoms with Crippen LogP contribution in [0.1, 0.15) is 5.69 Å². The van der Waals surface area contributed by atoms with Crippen LogP contribution in [0.4, 0.5) is 0 Å². The summed E-state index contributed by atoms with van der Waals surface area (Å²) in [5.41, 5.74) is 2.90. The Bertz CT molecular complexity index is 1050. The molecule has 4 rings (SSSR count). The molecule has 0 fully saturated rings. The fourth-order valence-electron chi connectivity index (χ4n) is 2.62. The second-order valence-electron chi connectivity index (χ2n) is 5.68. The third kappa shape index (κ3) is 3.67. The van der Waals surface area contributed by atoms with Crippen LogP contribution in [-0.4, -0.2) is 27.0 Å². The minimum absolute atomic E-state index is 0.645. The van der Waals surface area contributed by atoms with Crippen molar-refractivity contribution < 1.29 is 4.74 Å². The van der Waals surface area contributed by atoms with Crippen LogP contribution in [0.2, 0.25) is 0 Å². The summed E-state index contributed by atoms with van der Waals surface area (Å²) in [6.45, 7) is 0. The molecule has 0 bridgehead atoms. The highest BCUT2D eigenvalue weighted by Gasteiger charge is 2.14. The van der Waals surface area contributed by atoms with Gasteiger partial charge in [-0.1, -0.05) is 54.2 Å². The van der Waals surface area contributed by atoms with Crippen LogP contribution in [0, 0.1) is 0 Å². The van der Waals surface area contributed by atoms with Gasteiger partial charge in [0.15, 0.2) is 5.82 Å². The maximum Gasteiger partial charge on any atom is 0.210 e. The van der Waals surface area contributed by atoms with E-state index in [9.17, 15) is 0 Å². The number of nitrogens with zero attached hydrogens (tertiary/aromatic N) is 4. The van der Waals surface area contributed by atoms with E-state index >= 15 is 0 Å². The average Bonchev–Trinajstić information content (AvgIpc) is 3.33. The summed E-state index contributed by atoms with van der Waals surface area (Å²) in [6, 6.07) is 17.7. The summed E-state index contributed by atoms with van der Waals surface area (Å²) < 4.78 is 6.94. The summed E-state index contributed by atoms with van der Waals surface area (Å²) in [5.74, 6) is 8.30. The lowest BCUT2D eigenvalue weighted by atomic mass is 10.2. The van der Waals surface area contributed by atoms with Crippen molar-refractivity contribution in [2.75, 3.05) is 13.0 Å². The predicted molar refractivity (Wildman–Crippen MR) is 109 cm³/mol. The molecule has 0 saturated heterocycles. The first-order valence-corrected chi connectivity index (χ1v) is 10.1. The summed E-state index contributed by atoms with van der Waals surface area (Å²) >= 11 is 3.11. The van der Waals surface area contributed by atoms with E-state index in [1.165, 1.54) is 16.4 Å². The van der Waals surface area contributed by atoms with Gasteiger partial charge in [-0.25, -0.2) is 9.66 Å². The first-order valence-electron chi connectivity index (χ1n) is 8.23. The number of thioether (sulfide) groups is 1. The Labute approximate surface area is 165 Å². The summed E-state index contributed by atoms with van der Waals surface area (Å²) in [7, 11) is 1.67. The van der Waals surface area contributed by atoms with Gasteiger partial charge in [0, 0.05) is 16.7 Å². The normalized spacial score (nSPS) is 10.9. The van der Waals surface area contributed by atoms with Gasteiger partial charge in [-0.3, -0.25) is 0 Å². The van der Waals surface area contributed by atoms with Crippen molar-refractivity contribution in [3.05, 3.63) is 65.7 Å². The lowest BCUT2D eigenvalue weighted by Gasteiger charge is -2.04. The number of nitrogens with two attached hydrogens (primary N) is 1.